The van der Waals surface area contributed by atoms with E-state index in [4.69, 9.17) is 22.8 Å². The summed E-state index contributed by atoms with van der Waals surface area (Å²) < 4.78 is 58.8. The minimum atomic E-state index is -4.84. The van der Waals surface area contributed by atoms with Crippen LogP contribution >= 0.6 is 11.6 Å². The average Bonchev–Trinajstić information content (AvgIpc) is 2.58. The first kappa shape index (κ1) is 18.8. The molecule has 1 aromatic carbocycles. The number of carbonyl (C=O) groups excluding carboxylic acids is 1. The van der Waals surface area contributed by atoms with Crippen molar-refractivity contribution in [2.45, 2.75) is 6.18 Å². The third-order valence-electron chi connectivity index (χ3n) is 3.79. The van der Waals surface area contributed by atoms with Crippen molar-refractivity contribution in [2.24, 2.45) is 0 Å². The van der Waals surface area contributed by atoms with Gasteiger partial charge in [-0.15, -0.1) is 6.42 Å². The van der Waals surface area contributed by atoms with Crippen molar-refractivity contribution in [1.82, 2.24) is 4.57 Å². The summed E-state index contributed by atoms with van der Waals surface area (Å²) in [5.74, 6) is 0.833. The zero-order valence-corrected chi connectivity index (χ0v) is 14.1. The predicted octanol–water partition coefficient (Wildman–Crippen LogP) is 3.01. The van der Waals surface area contributed by atoms with Crippen molar-refractivity contribution in [3.8, 4) is 23.8 Å². The number of terminal acetylenes is 1. The van der Waals surface area contributed by atoms with E-state index in [0.717, 1.165) is 17.0 Å². The summed E-state index contributed by atoms with van der Waals surface area (Å²) in [4.78, 5) is 25.2. The number of benzene rings is 1. The van der Waals surface area contributed by atoms with Crippen LogP contribution in [-0.2, 0) is 11.0 Å². The van der Waals surface area contributed by atoms with Crippen LogP contribution in [0.2, 0.25) is 5.02 Å². The Bertz CT molecular complexity index is 1040. The van der Waals surface area contributed by atoms with Crippen LogP contribution in [0.15, 0.2) is 29.2 Å². The molecule has 2 aromatic rings. The molecule has 0 atom stereocenters. The van der Waals surface area contributed by atoms with E-state index < -0.39 is 39.7 Å². The van der Waals surface area contributed by atoms with E-state index in [1.165, 1.54) is 0 Å². The lowest BCUT2D eigenvalue weighted by atomic mass is 10.2. The third-order valence-corrected chi connectivity index (χ3v) is 4.09. The van der Waals surface area contributed by atoms with Crippen molar-refractivity contribution in [1.29, 1.82) is 0 Å². The molecule has 0 fully saturated rings. The lowest BCUT2D eigenvalue weighted by molar-refractivity contribution is -0.137. The quantitative estimate of drug-likeness (QED) is 0.575. The predicted molar refractivity (Wildman–Crippen MR) is 88.7 cm³/mol. The van der Waals surface area contributed by atoms with E-state index in [1.54, 1.807) is 0 Å². The number of carbonyl (C=O) groups is 1. The Hall–Kier alpha value is -2.99. The third kappa shape index (κ3) is 3.36. The molecule has 27 heavy (non-hydrogen) atoms. The lowest BCUT2D eigenvalue weighted by Gasteiger charge is -2.28. The molecule has 3 rings (SSSR count). The van der Waals surface area contributed by atoms with Gasteiger partial charge in [-0.1, -0.05) is 17.5 Å². The Morgan fingerprint density at radius 1 is 1.22 bits per heavy atom. The van der Waals surface area contributed by atoms with Crippen LogP contribution in [0.4, 0.5) is 23.2 Å². The molecule has 0 spiro atoms. The number of hydrogen-bond donors (Lipinski definition) is 0. The van der Waals surface area contributed by atoms with Crippen LogP contribution in [0.5, 0.6) is 5.75 Å². The standard InChI is InChI=1S/C17H9ClF4N2O3/c1-2-3-23-13-6-12(11(19)5-14(13)27-8-16(23)26)24-7-10(18)9(4-15(24)25)17(20,21)22/h1,4-7H,3,8H2. The van der Waals surface area contributed by atoms with Gasteiger partial charge in [0.2, 0.25) is 0 Å². The zero-order chi connectivity index (χ0) is 19.9. The van der Waals surface area contributed by atoms with Crippen LogP contribution in [0.1, 0.15) is 5.56 Å². The summed E-state index contributed by atoms with van der Waals surface area (Å²) in [6.07, 6.45) is 1.04. The van der Waals surface area contributed by atoms with Gasteiger partial charge in [-0.25, -0.2) is 4.39 Å². The van der Waals surface area contributed by atoms with Crippen LogP contribution in [0, 0.1) is 18.2 Å². The first-order chi connectivity index (χ1) is 12.6. The summed E-state index contributed by atoms with van der Waals surface area (Å²) in [7, 11) is 0. The van der Waals surface area contributed by atoms with Crippen LogP contribution in [0.3, 0.4) is 0 Å². The monoisotopic (exact) mass is 400 g/mol. The van der Waals surface area contributed by atoms with Gasteiger partial charge in [-0.2, -0.15) is 13.2 Å². The number of fused-ring (bicyclic) bond motifs is 1. The summed E-state index contributed by atoms with van der Waals surface area (Å²) in [6.45, 7) is -0.484. The number of rotatable bonds is 2. The van der Waals surface area contributed by atoms with Gasteiger partial charge in [0.25, 0.3) is 11.5 Å². The van der Waals surface area contributed by atoms with E-state index in [9.17, 15) is 27.2 Å². The molecular weight excluding hydrogens is 392 g/mol. The van der Waals surface area contributed by atoms with Gasteiger partial charge < -0.3 is 4.74 Å². The molecule has 0 bridgehead atoms. The molecule has 1 aliphatic heterocycles. The average molecular weight is 401 g/mol. The fourth-order valence-electron chi connectivity index (χ4n) is 2.57. The minimum Gasteiger partial charge on any atom is -0.481 e. The summed E-state index contributed by atoms with van der Waals surface area (Å²) in [5, 5.41) is -0.785. The Kier molecular flexibility index (Phi) is 4.61. The van der Waals surface area contributed by atoms with Gasteiger partial charge in [0.05, 0.1) is 28.5 Å². The van der Waals surface area contributed by atoms with E-state index >= 15 is 0 Å². The molecule has 140 valence electrons. The number of aromatic nitrogens is 1. The van der Waals surface area contributed by atoms with Gasteiger partial charge in [0.1, 0.15) is 5.75 Å². The highest BCUT2D eigenvalue weighted by atomic mass is 35.5. The van der Waals surface area contributed by atoms with Crippen molar-refractivity contribution < 1.29 is 27.1 Å². The first-order valence-electron chi connectivity index (χ1n) is 7.33. The van der Waals surface area contributed by atoms with Gasteiger partial charge in [-0.3, -0.25) is 19.1 Å². The van der Waals surface area contributed by atoms with Gasteiger partial charge in [-0.05, 0) is 6.07 Å². The Morgan fingerprint density at radius 3 is 2.56 bits per heavy atom. The Labute approximate surface area is 154 Å². The molecular formula is C17H9ClF4N2O3. The molecule has 1 aromatic heterocycles. The fourth-order valence-corrected chi connectivity index (χ4v) is 2.83. The largest absolute Gasteiger partial charge is 0.481 e. The second-order valence-electron chi connectivity index (χ2n) is 5.49. The summed E-state index contributed by atoms with van der Waals surface area (Å²) in [6, 6.07) is 2.27. The van der Waals surface area contributed by atoms with E-state index in [-0.39, 0.29) is 30.7 Å². The molecule has 1 amide bonds. The van der Waals surface area contributed by atoms with Crippen LogP contribution in [-0.4, -0.2) is 23.6 Å². The van der Waals surface area contributed by atoms with Crippen molar-refractivity contribution in [2.75, 3.05) is 18.1 Å². The second-order valence-corrected chi connectivity index (χ2v) is 5.89. The Morgan fingerprint density at radius 2 is 1.93 bits per heavy atom. The van der Waals surface area contributed by atoms with Gasteiger partial charge in [0.15, 0.2) is 12.4 Å². The Balaban J connectivity index is 2.20. The van der Waals surface area contributed by atoms with Crippen LogP contribution < -0.4 is 15.2 Å². The number of nitrogens with zero attached hydrogens (tertiary/aromatic N) is 2. The highest BCUT2D eigenvalue weighted by molar-refractivity contribution is 6.31. The van der Waals surface area contributed by atoms with Crippen molar-refractivity contribution in [3.63, 3.8) is 0 Å². The maximum atomic E-state index is 14.5. The van der Waals surface area contributed by atoms with E-state index in [2.05, 4.69) is 5.92 Å². The number of amides is 1. The van der Waals surface area contributed by atoms with Gasteiger partial charge in [0, 0.05) is 18.3 Å². The summed E-state index contributed by atoms with van der Waals surface area (Å²) in [5.41, 5.74) is -2.81. The number of pyridine rings is 1. The minimum absolute atomic E-state index is 0.0113. The molecule has 5 nitrogen and oxygen atoms in total. The smallest absolute Gasteiger partial charge is 0.418 e. The molecule has 0 aliphatic carbocycles. The second kappa shape index (κ2) is 6.63. The number of anilines is 1. The number of alkyl halides is 3. The molecule has 0 unspecified atom stereocenters. The molecule has 2 heterocycles. The van der Waals surface area contributed by atoms with E-state index in [0.29, 0.717) is 10.8 Å². The normalized spacial score (nSPS) is 13.8. The maximum Gasteiger partial charge on any atom is 0.418 e. The summed E-state index contributed by atoms with van der Waals surface area (Å²) >= 11 is 5.62. The van der Waals surface area contributed by atoms with Gasteiger partial charge >= 0.3 is 6.18 Å². The molecule has 0 radical (unpaired) electrons. The van der Waals surface area contributed by atoms with Crippen LogP contribution in [0.25, 0.3) is 5.69 Å². The van der Waals surface area contributed by atoms with Crippen molar-refractivity contribution >= 4 is 23.2 Å². The highest BCUT2D eigenvalue weighted by Crippen LogP contribution is 2.37. The maximum absolute atomic E-state index is 14.5. The number of hydrogen-bond acceptors (Lipinski definition) is 3. The lowest BCUT2D eigenvalue weighted by Crippen LogP contribution is -2.39. The molecule has 0 N–H and O–H groups in total. The topological polar surface area (TPSA) is 51.5 Å². The molecule has 1 aliphatic rings. The van der Waals surface area contributed by atoms with E-state index in [1.807, 2.05) is 0 Å². The highest BCUT2D eigenvalue weighted by Gasteiger charge is 2.34. The van der Waals surface area contributed by atoms with Crippen molar-refractivity contribution in [3.05, 3.63) is 51.2 Å². The number of ether oxygens (including phenoxy) is 1. The number of halogens is 5. The molecule has 0 saturated heterocycles. The first-order valence-corrected chi connectivity index (χ1v) is 7.71. The molecule has 0 saturated carbocycles. The SMILES string of the molecule is C#CCN1C(=O)COc2cc(F)c(-n3cc(Cl)c(C(F)(F)F)cc3=O)cc21. The fraction of sp³-hybridized carbons (Fsp3) is 0.176. The molecule has 10 heteroatoms. The zero-order valence-electron chi connectivity index (χ0n) is 13.3.